The minimum atomic E-state index is -3.59. The zero-order chi connectivity index (χ0) is 12.2. The van der Waals surface area contributed by atoms with Crippen LogP contribution in [0.4, 0.5) is 5.69 Å². The highest BCUT2D eigenvalue weighted by atomic mass is 32.2. The molecule has 0 heterocycles. The summed E-state index contributed by atoms with van der Waals surface area (Å²) in [6.45, 7) is 1.72. The second-order valence-corrected chi connectivity index (χ2v) is 5.13. The molecule has 90 valence electrons. The fraction of sp³-hybridized carbons (Fsp3) is 0.400. The molecule has 0 bridgehead atoms. The maximum atomic E-state index is 11.0. The van der Waals surface area contributed by atoms with Crippen LogP contribution in [0.5, 0.6) is 0 Å². The Balaban J connectivity index is 2.79. The van der Waals surface area contributed by atoms with Gasteiger partial charge in [0.25, 0.3) is 0 Å². The molecule has 0 aliphatic carbocycles. The maximum Gasteiger partial charge on any atom is 0.238 e. The van der Waals surface area contributed by atoms with Crippen LogP contribution in [0.25, 0.3) is 0 Å². The Morgan fingerprint density at radius 2 is 1.88 bits per heavy atom. The van der Waals surface area contributed by atoms with Gasteiger partial charge in [-0.15, -0.1) is 0 Å². The summed E-state index contributed by atoms with van der Waals surface area (Å²) >= 11 is 0. The first-order valence-corrected chi connectivity index (χ1v) is 6.48. The summed E-state index contributed by atoms with van der Waals surface area (Å²) in [6, 6.07) is 6.52. The number of benzene rings is 1. The molecule has 16 heavy (non-hydrogen) atoms. The normalized spacial score (nSPS) is 11.4. The lowest BCUT2D eigenvalue weighted by Crippen LogP contribution is -2.27. The van der Waals surface area contributed by atoms with Gasteiger partial charge in [-0.05, 0) is 31.3 Å². The highest BCUT2D eigenvalue weighted by molar-refractivity contribution is 7.89. The van der Waals surface area contributed by atoms with E-state index in [1.165, 1.54) is 12.1 Å². The minimum absolute atomic E-state index is 0.137. The lowest BCUT2D eigenvalue weighted by atomic mass is 10.3. The fourth-order valence-electron chi connectivity index (χ4n) is 1.30. The lowest BCUT2D eigenvalue weighted by Gasteiger charge is -2.19. The smallest absolute Gasteiger partial charge is 0.238 e. The van der Waals surface area contributed by atoms with Gasteiger partial charge < -0.3 is 10.2 Å². The van der Waals surface area contributed by atoms with E-state index < -0.39 is 10.0 Å². The molecule has 0 radical (unpaired) electrons. The Labute approximate surface area is 96.3 Å². The van der Waals surface area contributed by atoms with E-state index >= 15 is 0 Å². The molecule has 0 aliphatic heterocycles. The third-order valence-corrected chi connectivity index (χ3v) is 3.23. The number of rotatable bonds is 5. The molecule has 1 rings (SSSR count). The van der Waals surface area contributed by atoms with Gasteiger partial charge in [-0.1, -0.05) is 0 Å². The quantitative estimate of drug-likeness (QED) is 0.762. The fourth-order valence-corrected chi connectivity index (χ4v) is 1.81. The first kappa shape index (κ1) is 13.0. The number of sulfonamides is 1. The molecule has 5 nitrogen and oxygen atoms in total. The summed E-state index contributed by atoms with van der Waals surface area (Å²) < 4.78 is 22.1. The highest BCUT2D eigenvalue weighted by Crippen LogP contribution is 2.15. The van der Waals surface area contributed by atoms with Crippen molar-refractivity contribution in [3.8, 4) is 0 Å². The van der Waals surface area contributed by atoms with Crippen LogP contribution < -0.4 is 15.4 Å². The zero-order valence-corrected chi connectivity index (χ0v) is 10.3. The van der Waals surface area contributed by atoms with Crippen molar-refractivity contribution in [2.45, 2.75) is 4.90 Å². The third kappa shape index (κ3) is 3.48. The predicted octanol–water partition coefficient (Wildman–Crippen LogP) is -0.0104. The summed E-state index contributed by atoms with van der Waals surface area (Å²) in [5.74, 6) is 0. The van der Waals surface area contributed by atoms with E-state index in [0.29, 0.717) is 0 Å². The Bertz CT molecular complexity index is 428. The molecule has 0 saturated heterocycles. The van der Waals surface area contributed by atoms with Crippen molar-refractivity contribution >= 4 is 15.7 Å². The van der Waals surface area contributed by atoms with Gasteiger partial charge in [0, 0.05) is 25.8 Å². The van der Waals surface area contributed by atoms with Crippen molar-refractivity contribution in [1.29, 1.82) is 0 Å². The second-order valence-electron chi connectivity index (χ2n) is 3.56. The molecule has 3 N–H and O–H groups in total. The highest BCUT2D eigenvalue weighted by Gasteiger charge is 2.07. The third-order valence-electron chi connectivity index (χ3n) is 2.30. The average Bonchev–Trinajstić information content (AvgIpc) is 2.25. The molecule has 0 unspecified atom stereocenters. The molecule has 0 aromatic heterocycles. The topological polar surface area (TPSA) is 75.4 Å². The molecule has 0 fully saturated rings. The molecule has 0 atom stereocenters. The Morgan fingerprint density at radius 3 is 2.31 bits per heavy atom. The zero-order valence-electron chi connectivity index (χ0n) is 9.47. The average molecular weight is 243 g/mol. The number of hydrogen-bond donors (Lipinski definition) is 2. The van der Waals surface area contributed by atoms with Crippen molar-refractivity contribution in [1.82, 2.24) is 5.32 Å². The number of nitrogens with one attached hydrogen (secondary N) is 1. The standard InChI is InChI=1S/C10H17N3O2S/c1-12-7-8-13(2)9-3-5-10(6-4-9)16(11,14)15/h3-6,12H,7-8H2,1-2H3,(H2,11,14,15). The first-order chi connectivity index (χ1) is 7.45. The van der Waals surface area contributed by atoms with E-state index in [9.17, 15) is 8.42 Å². The van der Waals surface area contributed by atoms with Crippen LogP contribution in [0.3, 0.4) is 0 Å². The van der Waals surface area contributed by atoms with Crippen LogP contribution in [0.1, 0.15) is 0 Å². The molecular weight excluding hydrogens is 226 g/mol. The van der Waals surface area contributed by atoms with Crippen molar-refractivity contribution in [3.05, 3.63) is 24.3 Å². The maximum absolute atomic E-state index is 11.0. The van der Waals surface area contributed by atoms with E-state index in [4.69, 9.17) is 5.14 Å². The van der Waals surface area contributed by atoms with Gasteiger partial charge in [-0.25, -0.2) is 13.6 Å². The molecule has 0 aliphatic rings. The Kier molecular flexibility index (Phi) is 4.28. The number of nitrogens with zero attached hydrogens (tertiary/aromatic N) is 1. The summed E-state index contributed by atoms with van der Waals surface area (Å²) in [7, 11) is 0.241. The summed E-state index contributed by atoms with van der Waals surface area (Å²) in [5.41, 5.74) is 0.961. The van der Waals surface area contributed by atoms with Crippen molar-refractivity contribution in [2.75, 3.05) is 32.1 Å². The monoisotopic (exact) mass is 243 g/mol. The largest absolute Gasteiger partial charge is 0.373 e. The van der Waals surface area contributed by atoms with E-state index in [1.807, 2.05) is 19.0 Å². The van der Waals surface area contributed by atoms with Crippen molar-refractivity contribution in [2.24, 2.45) is 5.14 Å². The van der Waals surface area contributed by atoms with E-state index in [0.717, 1.165) is 18.8 Å². The van der Waals surface area contributed by atoms with Crippen LogP contribution in [0, 0.1) is 0 Å². The first-order valence-electron chi connectivity index (χ1n) is 4.94. The number of nitrogens with two attached hydrogens (primary N) is 1. The SMILES string of the molecule is CNCCN(C)c1ccc(S(N)(=O)=O)cc1. The van der Waals surface area contributed by atoms with Gasteiger partial charge in [-0.3, -0.25) is 0 Å². The van der Waals surface area contributed by atoms with Gasteiger partial charge >= 0.3 is 0 Å². The van der Waals surface area contributed by atoms with Gasteiger partial charge in [0.2, 0.25) is 10.0 Å². The predicted molar refractivity (Wildman–Crippen MR) is 65.0 cm³/mol. The van der Waals surface area contributed by atoms with E-state index in [1.54, 1.807) is 12.1 Å². The van der Waals surface area contributed by atoms with Crippen LogP contribution >= 0.6 is 0 Å². The van der Waals surface area contributed by atoms with Crippen LogP contribution in [-0.2, 0) is 10.0 Å². The van der Waals surface area contributed by atoms with Crippen molar-refractivity contribution in [3.63, 3.8) is 0 Å². The van der Waals surface area contributed by atoms with Crippen LogP contribution in [0.15, 0.2) is 29.2 Å². The lowest BCUT2D eigenvalue weighted by molar-refractivity contribution is 0.598. The summed E-state index contributed by atoms with van der Waals surface area (Å²) in [4.78, 5) is 2.17. The number of anilines is 1. The number of likely N-dealkylation sites (N-methyl/N-ethyl adjacent to an activating group) is 2. The van der Waals surface area contributed by atoms with Gasteiger partial charge in [0.15, 0.2) is 0 Å². The summed E-state index contributed by atoms with van der Waals surface area (Å²) in [5, 5.41) is 8.06. The van der Waals surface area contributed by atoms with Crippen LogP contribution in [0.2, 0.25) is 0 Å². The van der Waals surface area contributed by atoms with E-state index in [-0.39, 0.29) is 4.90 Å². The molecule has 1 aromatic rings. The van der Waals surface area contributed by atoms with Gasteiger partial charge in [0.1, 0.15) is 0 Å². The molecule has 0 saturated carbocycles. The molecular formula is C10H17N3O2S. The minimum Gasteiger partial charge on any atom is -0.373 e. The molecule has 0 amide bonds. The molecule has 0 spiro atoms. The van der Waals surface area contributed by atoms with Gasteiger partial charge in [-0.2, -0.15) is 0 Å². The van der Waals surface area contributed by atoms with Crippen molar-refractivity contribution < 1.29 is 8.42 Å². The molecule has 6 heteroatoms. The summed E-state index contributed by atoms with van der Waals surface area (Å²) in [6.07, 6.45) is 0. The molecule has 1 aromatic carbocycles. The van der Waals surface area contributed by atoms with Gasteiger partial charge in [0.05, 0.1) is 4.90 Å². The van der Waals surface area contributed by atoms with E-state index in [2.05, 4.69) is 5.32 Å². The number of primary sulfonamides is 1. The van der Waals surface area contributed by atoms with Crippen LogP contribution in [-0.4, -0.2) is 35.6 Å². The Hall–Kier alpha value is -1.11. The second kappa shape index (κ2) is 5.29. The number of hydrogen-bond acceptors (Lipinski definition) is 4. The Morgan fingerprint density at radius 1 is 1.31 bits per heavy atom.